The molecule has 0 amide bonds. The fourth-order valence-electron chi connectivity index (χ4n) is 4.21. The van der Waals surface area contributed by atoms with Crippen LogP contribution in [0.4, 0.5) is 5.95 Å². The first-order valence-electron chi connectivity index (χ1n) is 8.86. The van der Waals surface area contributed by atoms with Gasteiger partial charge in [0, 0.05) is 50.5 Å². The number of aliphatic carboxylic acids is 1. The molecule has 0 radical (unpaired) electrons. The normalized spacial score (nSPS) is 25.8. The van der Waals surface area contributed by atoms with E-state index in [-0.39, 0.29) is 12.0 Å². The molecular formula is C17H23N7O2. The van der Waals surface area contributed by atoms with Crippen molar-refractivity contribution in [3.63, 3.8) is 0 Å². The molecule has 2 aromatic heterocycles. The van der Waals surface area contributed by atoms with E-state index in [1.165, 1.54) is 0 Å². The van der Waals surface area contributed by atoms with E-state index in [9.17, 15) is 9.90 Å². The molecule has 2 aliphatic rings. The summed E-state index contributed by atoms with van der Waals surface area (Å²) in [5.41, 5.74) is -0.790. The number of nitrogens with zero attached hydrogens (tertiary/aromatic N) is 7. The Morgan fingerprint density at radius 1 is 1.31 bits per heavy atom. The third-order valence-electron chi connectivity index (χ3n) is 5.51. The fraction of sp³-hybridized carbons (Fsp3) is 0.588. The van der Waals surface area contributed by atoms with E-state index in [0.717, 1.165) is 12.4 Å². The van der Waals surface area contributed by atoms with Crippen LogP contribution >= 0.6 is 0 Å². The Morgan fingerprint density at radius 3 is 2.73 bits per heavy atom. The monoisotopic (exact) mass is 357 g/mol. The molecule has 0 unspecified atom stereocenters. The van der Waals surface area contributed by atoms with Crippen molar-refractivity contribution < 1.29 is 9.90 Å². The lowest BCUT2D eigenvalue weighted by Gasteiger charge is -2.25. The minimum absolute atomic E-state index is 0.0410. The maximum atomic E-state index is 12.2. The van der Waals surface area contributed by atoms with E-state index in [1.54, 1.807) is 24.8 Å². The van der Waals surface area contributed by atoms with E-state index in [4.69, 9.17) is 0 Å². The van der Waals surface area contributed by atoms with Crippen LogP contribution in [0, 0.1) is 11.3 Å². The van der Waals surface area contributed by atoms with Crippen molar-refractivity contribution in [2.75, 3.05) is 31.1 Å². The first kappa shape index (κ1) is 16.9. The molecule has 138 valence electrons. The molecule has 2 saturated heterocycles. The van der Waals surface area contributed by atoms with Gasteiger partial charge in [0.25, 0.3) is 0 Å². The highest BCUT2D eigenvalue weighted by Gasteiger charge is 2.58. The molecule has 0 saturated carbocycles. The summed E-state index contributed by atoms with van der Waals surface area (Å²) in [5, 5.41) is 18.2. The zero-order valence-corrected chi connectivity index (χ0v) is 15.0. The zero-order chi connectivity index (χ0) is 18.3. The second-order valence-electron chi connectivity index (χ2n) is 7.51. The van der Waals surface area contributed by atoms with E-state index < -0.39 is 11.4 Å². The van der Waals surface area contributed by atoms with Crippen LogP contribution in [-0.2, 0) is 11.3 Å². The smallest absolute Gasteiger partial charge is 0.313 e. The zero-order valence-electron chi connectivity index (χ0n) is 15.0. The van der Waals surface area contributed by atoms with Gasteiger partial charge in [-0.25, -0.2) is 9.97 Å². The number of rotatable bonds is 5. The lowest BCUT2D eigenvalue weighted by molar-refractivity contribution is -0.148. The molecule has 0 spiro atoms. The first-order valence-corrected chi connectivity index (χ1v) is 8.86. The van der Waals surface area contributed by atoms with Crippen molar-refractivity contribution in [2.45, 2.75) is 26.4 Å². The van der Waals surface area contributed by atoms with E-state index in [1.807, 2.05) is 9.47 Å². The number of aromatic nitrogens is 5. The van der Waals surface area contributed by atoms with Gasteiger partial charge in [-0.15, -0.1) is 10.2 Å². The van der Waals surface area contributed by atoms with E-state index in [2.05, 4.69) is 38.9 Å². The van der Waals surface area contributed by atoms with Gasteiger partial charge in [-0.3, -0.25) is 9.69 Å². The average Bonchev–Trinajstić information content (AvgIpc) is 3.28. The molecule has 4 rings (SSSR count). The number of carboxylic acids is 1. The van der Waals surface area contributed by atoms with E-state index in [0.29, 0.717) is 32.1 Å². The van der Waals surface area contributed by atoms with Gasteiger partial charge in [-0.2, -0.15) is 0 Å². The van der Waals surface area contributed by atoms with Crippen LogP contribution in [-0.4, -0.2) is 66.9 Å². The molecule has 0 aliphatic carbocycles. The summed E-state index contributed by atoms with van der Waals surface area (Å²) >= 11 is 0. The van der Waals surface area contributed by atoms with Gasteiger partial charge in [-0.05, 0) is 19.9 Å². The highest BCUT2D eigenvalue weighted by molar-refractivity contribution is 5.78. The molecule has 9 nitrogen and oxygen atoms in total. The number of anilines is 1. The molecule has 0 bridgehead atoms. The molecule has 26 heavy (non-hydrogen) atoms. The number of hydrogen-bond acceptors (Lipinski definition) is 7. The summed E-state index contributed by atoms with van der Waals surface area (Å²) in [4.78, 5) is 24.9. The Labute approximate surface area is 151 Å². The minimum atomic E-state index is -0.790. The quantitative estimate of drug-likeness (QED) is 0.833. The van der Waals surface area contributed by atoms with Crippen molar-refractivity contribution in [2.24, 2.45) is 11.3 Å². The SMILES string of the molecule is CC(C)n1cnnc1CN1C[C@@H]2CN(c3ncccn3)C[C@]2(C(=O)O)C1. The highest BCUT2D eigenvalue weighted by atomic mass is 16.4. The Balaban J connectivity index is 1.52. The lowest BCUT2D eigenvalue weighted by atomic mass is 9.81. The van der Waals surface area contributed by atoms with Crippen LogP contribution < -0.4 is 4.90 Å². The van der Waals surface area contributed by atoms with Gasteiger partial charge in [0.15, 0.2) is 0 Å². The van der Waals surface area contributed by atoms with Gasteiger partial charge in [0.2, 0.25) is 5.95 Å². The number of hydrogen-bond donors (Lipinski definition) is 1. The standard InChI is InChI=1S/C17H23N7O2/c1-12(2)24-11-20-21-14(24)8-22-6-13-7-23(16-18-4-3-5-19-16)10-17(13,9-22)15(25)26/h3-5,11-13H,6-10H2,1-2H3,(H,25,26)/t13-,17-/m1/s1. The second kappa shape index (κ2) is 6.31. The third kappa shape index (κ3) is 2.72. The van der Waals surface area contributed by atoms with Gasteiger partial charge in [0.1, 0.15) is 17.6 Å². The van der Waals surface area contributed by atoms with Crippen molar-refractivity contribution >= 4 is 11.9 Å². The molecule has 2 atom stereocenters. The molecular weight excluding hydrogens is 334 g/mol. The van der Waals surface area contributed by atoms with Gasteiger partial charge in [0.05, 0.1) is 6.54 Å². The number of likely N-dealkylation sites (tertiary alicyclic amines) is 1. The molecule has 1 N–H and O–H groups in total. The third-order valence-corrected chi connectivity index (χ3v) is 5.51. The Kier molecular flexibility index (Phi) is 4.10. The fourth-order valence-corrected chi connectivity index (χ4v) is 4.21. The van der Waals surface area contributed by atoms with Crippen molar-refractivity contribution in [1.29, 1.82) is 0 Å². The Morgan fingerprint density at radius 2 is 2.08 bits per heavy atom. The highest BCUT2D eigenvalue weighted by Crippen LogP contribution is 2.44. The number of fused-ring (bicyclic) bond motifs is 1. The number of carbonyl (C=O) groups is 1. The molecule has 2 aromatic rings. The predicted octanol–water partition coefficient (Wildman–Crippen LogP) is 0.672. The Bertz CT molecular complexity index is 793. The van der Waals surface area contributed by atoms with Gasteiger partial charge < -0.3 is 14.6 Å². The summed E-state index contributed by atoms with van der Waals surface area (Å²) < 4.78 is 2.03. The Hall–Kier alpha value is -2.55. The molecule has 9 heteroatoms. The summed E-state index contributed by atoms with van der Waals surface area (Å²) in [6, 6.07) is 2.04. The molecule has 0 aromatic carbocycles. The predicted molar refractivity (Wildman–Crippen MR) is 93.5 cm³/mol. The summed E-state index contributed by atoms with van der Waals surface area (Å²) in [6.45, 7) is 7.10. The van der Waals surface area contributed by atoms with Crippen molar-refractivity contribution in [1.82, 2.24) is 29.6 Å². The van der Waals surface area contributed by atoms with Crippen LogP contribution in [0.3, 0.4) is 0 Å². The van der Waals surface area contributed by atoms with Crippen molar-refractivity contribution in [3.05, 3.63) is 30.6 Å². The average molecular weight is 357 g/mol. The molecule has 2 fully saturated rings. The van der Waals surface area contributed by atoms with Gasteiger partial charge in [-0.1, -0.05) is 0 Å². The van der Waals surface area contributed by atoms with E-state index >= 15 is 0 Å². The van der Waals surface area contributed by atoms with Crippen molar-refractivity contribution in [3.8, 4) is 0 Å². The maximum absolute atomic E-state index is 12.2. The second-order valence-corrected chi connectivity index (χ2v) is 7.51. The molecule has 2 aliphatic heterocycles. The largest absolute Gasteiger partial charge is 0.481 e. The van der Waals surface area contributed by atoms with Crippen LogP contribution in [0.15, 0.2) is 24.8 Å². The van der Waals surface area contributed by atoms with Crippen LogP contribution in [0.2, 0.25) is 0 Å². The van der Waals surface area contributed by atoms with Crippen LogP contribution in [0.25, 0.3) is 0 Å². The molecule has 4 heterocycles. The van der Waals surface area contributed by atoms with Crippen LogP contribution in [0.5, 0.6) is 0 Å². The van der Waals surface area contributed by atoms with Gasteiger partial charge >= 0.3 is 5.97 Å². The lowest BCUT2D eigenvalue weighted by Crippen LogP contribution is -2.41. The number of carboxylic acid groups (broad SMARTS) is 1. The summed E-state index contributed by atoms with van der Waals surface area (Å²) in [7, 11) is 0. The minimum Gasteiger partial charge on any atom is -0.481 e. The van der Waals surface area contributed by atoms with Crippen LogP contribution in [0.1, 0.15) is 25.7 Å². The summed E-state index contributed by atoms with van der Waals surface area (Å²) in [6.07, 6.45) is 5.11. The topological polar surface area (TPSA) is 100 Å². The first-order chi connectivity index (χ1) is 12.5. The summed E-state index contributed by atoms with van der Waals surface area (Å²) in [5.74, 6) is 0.783. The maximum Gasteiger partial charge on any atom is 0.313 e.